The number of halogens is 1. The predicted octanol–water partition coefficient (Wildman–Crippen LogP) is 3.47. The van der Waals surface area contributed by atoms with Gasteiger partial charge in [0.25, 0.3) is 0 Å². The van der Waals surface area contributed by atoms with Crippen molar-refractivity contribution in [3.05, 3.63) is 28.5 Å². The molecule has 1 unspecified atom stereocenters. The molecule has 0 saturated carbocycles. The lowest BCUT2D eigenvalue weighted by Gasteiger charge is -2.27. The summed E-state index contributed by atoms with van der Waals surface area (Å²) in [5, 5.41) is 7.98. The quantitative estimate of drug-likeness (QED) is 0.777. The Hall–Kier alpha value is -0.610. The Morgan fingerprint density at radius 1 is 1.53 bits per heavy atom. The molecule has 0 saturated heterocycles. The standard InChI is InChI=1S/C15H26BrN3/c1-7-15(5,10-17-9-11(2)3)8-13-14(16)12(4)18-19(13)6/h7,11,17H,1,8-10H2,2-6H3. The van der Waals surface area contributed by atoms with Crippen LogP contribution in [0, 0.1) is 18.3 Å². The van der Waals surface area contributed by atoms with E-state index in [2.05, 4.69) is 59.8 Å². The molecule has 3 nitrogen and oxygen atoms in total. The molecule has 0 aliphatic carbocycles. The highest BCUT2D eigenvalue weighted by Crippen LogP contribution is 2.29. The highest BCUT2D eigenvalue weighted by Gasteiger charge is 2.24. The van der Waals surface area contributed by atoms with E-state index >= 15 is 0 Å². The van der Waals surface area contributed by atoms with Crippen LogP contribution in [-0.4, -0.2) is 22.9 Å². The Morgan fingerprint density at radius 2 is 2.16 bits per heavy atom. The summed E-state index contributed by atoms with van der Waals surface area (Å²) in [6.45, 7) is 14.7. The monoisotopic (exact) mass is 327 g/mol. The molecule has 1 atom stereocenters. The molecular formula is C15H26BrN3. The second-order valence-electron chi connectivity index (χ2n) is 6.03. The first-order chi connectivity index (χ1) is 8.79. The minimum atomic E-state index is 0.0393. The fraction of sp³-hybridized carbons (Fsp3) is 0.667. The molecule has 0 aliphatic rings. The van der Waals surface area contributed by atoms with Crippen molar-refractivity contribution in [2.75, 3.05) is 13.1 Å². The van der Waals surface area contributed by atoms with Gasteiger partial charge in [-0.3, -0.25) is 4.68 Å². The third-order valence-electron chi connectivity index (χ3n) is 3.41. The maximum absolute atomic E-state index is 4.45. The van der Waals surface area contributed by atoms with Gasteiger partial charge in [-0.2, -0.15) is 5.10 Å². The molecule has 1 aromatic heterocycles. The summed E-state index contributed by atoms with van der Waals surface area (Å²) in [4.78, 5) is 0. The zero-order valence-electron chi connectivity index (χ0n) is 12.8. The van der Waals surface area contributed by atoms with Crippen LogP contribution >= 0.6 is 15.9 Å². The fourth-order valence-electron chi connectivity index (χ4n) is 2.11. The highest BCUT2D eigenvalue weighted by atomic mass is 79.9. The Labute approximate surface area is 125 Å². The Balaban J connectivity index is 2.77. The molecule has 1 aromatic rings. The molecule has 4 heteroatoms. The third kappa shape index (κ3) is 4.46. The molecular weight excluding hydrogens is 302 g/mol. The van der Waals surface area contributed by atoms with E-state index < -0.39 is 0 Å². The van der Waals surface area contributed by atoms with Crippen molar-refractivity contribution in [1.29, 1.82) is 0 Å². The van der Waals surface area contributed by atoms with Gasteiger partial charge in [-0.1, -0.05) is 26.8 Å². The number of hydrogen-bond acceptors (Lipinski definition) is 2. The van der Waals surface area contributed by atoms with Crippen molar-refractivity contribution >= 4 is 15.9 Å². The fourth-order valence-corrected chi connectivity index (χ4v) is 2.58. The van der Waals surface area contributed by atoms with Gasteiger partial charge in [-0.15, -0.1) is 6.58 Å². The van der Waals surface area contributed by atoms with Gasteiger partial charge in [0.05, 0.1) is 15.9 Å². The second-order valence-corrected chi connectivity index (χ2v) is 6.82. The van der Waals surface area contributed by atoms with Crippen molar-refractivity contribution in [2.45, 2.75) is 34.1 Å². The van der Waals surface area contributed by atoms with Crippen LogP contribution in [0.3, 0.4) is 0 Å². The minimum absolute atomic E-state index is 0.0393. The third-order valence-corrected chi connectivity index (χ3v) is 4.44. The highest BCUT2D eigenvalue weighted by molar-refractivity contribution is 9.10. The Bertz CT molecular complexity index is 437. The first-order valence-electron chi connectivity index (χ1n) is 6.81. The van der Waals surface area contributed by atoms with E-state index in [-0.39, 0.29) is 5.41 Å². The first kappa shape index (κ1) is 16.4. The largest absolute Gasteiger partial charge is 0.316 e. The normalized spacial score (nSPS) is 14.7. The summed E-state index contributed by atoms with van der Waals surface area (Å²) in [6.07, 6.45) is 2.98. The van der Waals surface area contributed by atoms with Gasteiger partial charge >= 0.3 is 0 Å². The summed E-state index contributed by atoms with van der Waals surface area (Å²) in [5.41, 5.74) is 2.31. The summed E-state index contributed by atoms with van der Waals surface area (Å²) < 4.78 is 3.08. The van der Waals surface area contributed by atoms with Crippen LogP contribution in [0.2, 0.25) is 0 Å². The number of nitrogens with zero attached hydrogens (tertiary/aromatic N) is 2. The van der Waals surface area contributed by atoms with Gasteiger partial charge in [-0.25, -0.2) is 0 Å². The second kappa shape index (κ2) is 6.71. The van der Waals surface area contributed by atoms with E-state index in [4.69, 9.17) is 0 Å². The predicted molar refractivity (Wildman–Crippen MR) is 85.4 cm³/mol. The van der Waals surface area contributed by atoms with Gasteiger partial charge in [0.15, 0.2) is 0 Å². The molecule has 1 N–H and O–H groups in total. The van der Waals surface area contributed by atoms with Crippen LogP contribution in [-0.2, 0) is 13.5 Å². The number of aryl methyl sites for hydroxylation is 2. The summed E-state index contributed by atoms with van der Waals surface area (Å²) in [7, 11) is 2.00. The molecule has 0 fully saturated rings. The summed E-state index contributed by atoms with van der Waals surface area (Å²) in [6, 6.07) is 0. The molecule has 108 valence electrons. The summed E-state index contributed by atoms with van der Waals surface area (Å²) in [5.74, 6) is 0.666. The smallest absolute Gasteiger partial charge is 0.0738 e. The molecule has 0 bridgehead atoms. The zero-order chi connectivity index (χ0) is 14.6. The zero-order valence-corrected chi connectivity index (χ0v) is 14.3. The first-order valence-corrected chi connectivity index (χ1v) is 7.60. The van der Waals surface area contributed by atoms with Crippen LogP contribution in [0.25, 0.3) is 0 Å². The van der Waals surface area contributed by atoms with Crippen LogP contribution < -0.4 is 5.32 Å². The number of rotatable bonds is 7. The van der Waals surface area contributed by atoms with Gasteiger partial charge in [0, 0.05) is 25.4 Å². The molecule has 19 heavy (non-hydrogen) atoms. The number of nitrogens with one attached hydrogen (secondary N) is 1. The molecule has 0 amide bonds. The Kier molecular flexibility index (Phi) is 5.81. The molecule has 0 spiro atoms. The average Bonchev–Trinajstić information content (AvgIpc) is 2.55. The van der Waals surface area contributed by atoms with Crippen molar-refractivity contribution in [2.24, 2.45) is 18.4 Å². The van der Waals surface area contributed by atoms with Crippen molar-refractivity contribution in [1.82, 2.24) is 15.1 Å². The van der Waals surface area contributed by atoms with Crippen LogP contribution in [0.15, 0.2) is 17.1 Å². The van der Waals surface area contributed by atoms with Gasteiger partial charge in [0.1, 0.15) is 0 Å². The van der Waals surface area contributed by atoms with Crippen LogP contribution in [0.1, 0.15) is 32.2 Å². The van der Waals surface area contributed by atoms with Gasteiger partial charge in [-0.05, 0) is 35.3 Å². The van der Waals surface area contributed by atoms with Crippen molar-refractivity contribution in [3.8, 4) is 0 Å². The maximum atomic E-state index is 4.45. The Morgan fingerprint density at radius 3 is 2.58 bits per heavy atom. The van der Waals surface area contributed by atoms with Gasteiger partial charge < -0.3 is 5.32 Å². The minimum Gasteiger partial charge on any atom is -0.316 e. The topological polar surface area (TPSA) is 29.9 Å². The number of aromatic nitrogens is 2. The van der Waals surface area contributed by atoms with E-state index in [0.29, 0.717) is 5.92 Å². The van der Waals surface area contributed by atoms with E-state index in [1.54, 1.807) is 0 Å². The maximum Gasteiger partial charge on any atom is 0.0738 e. The molecule has 0 aliphatic heterocycles. The van der Waals surface area contributed by atoms with Crippen LogP contribution in [0.4, 0.5) is 0 Å². The lowest BCUT2D eigenvalue weighted by atomic mass is 9.85. The average molecular weight is 328 g/mol. The van der Waals surface area contributed by atoms with Crippen molar-refractivity contribution in [3.63, 3.8) is 0 Å². The lowest BCUT2D eigenvalue weighted by Crippen LogP contribution is -2.34. The van der Waals surface area contributed by atoms with E-state index in [1.807, 2.05) is 18.7 Å². The number of hydrogen-bond donors (Lipinski definition) is 1. The SMILES string of the molecule is C=CC(C)(CNCC(C)C)Cc1c(Br)c(C)nn1C. The molecule has 0 aromatic carbocycles. The lowest BCUT2D eigenvalue weighted by molar-refractivity contribution is 0.369. The molecule has 0 radical (unpaired) electrons. The molecule has 1 rings (SSSR count). The van der Waals surface area contributed by atoms with Crippen molar-refractivity contribution < 1.29 is 0 Å². The summed E-state index contributed by atoms with van der Waals surface area (Å²) >= 11 is 3.64. The van der Waals surface area contributed by atoms with E-state index in [1.165, 1.54) is 5.69 Å². The van der Waals surface area contributed by atoms with Gasteiger partial charge in [0.2, 0.25) is 0 Å². The molecule has 1 heterocycles. The van der Waals surface area contributed by atoms with E-state index in [0.717, 1.165) is 29.7 Å². The van der Waals surface area contributed by atoms with Crippen LogP contribution in [0.5, 0.6) is 0 Å². The van der Waals surface area contributed by atoms with E-state index in [9.17, 15) is 0 Å².